The van der Waals surface area contributed by atoms with Crippen LogP contribution in [0.2, 0.25) is 0 Å². The van der Waals surface area contributed by atoms with E-state index in [2.05, 4.69) is 25.5 Å². The van der Waals surface area contributed by atoms with Gasteiger partial charge in [0.2, 0.25) is 5.95 Å². The molecule has 0 aliphatic carbocycles. The molecule has 0 spiro atoms. The molecule has 3 aromatic rings. The Morgan fingerprint density at radius 3 is 2.77 bits per heavy atom. The molecule has 7 nitrogen and oxygen atoms in total. The first-order valence-corrected chi connectivity index (χ1v) is 8.29. The summed E-state index contributed by atoms with van der Waals surface area (Å²) in [5.41, 5.74) is 2.63. The highest BCUT2D eigenvalue weighted by atomic mass is 16.1. The normalized spacial score (nSPS) is 10.4. The number of anilines is 3. The Morgan fingerprint density at radius 2 is 2.00 bits per heavy atom. The van der Waals surface area contributed by atoms with Crippen molar-refractivity contribution in [3.05, 3.63) is 66.1 Å². The fourth-order valence-electron chi connectivity index (χ4n) is 2.43. The predicted molar refractivity (Wildman–Crippen MR) is 101 cm³/mol. The number of hydrogen-bond acceptors (Lipinski definition) is 7. The molecule has 0 atom stereocenters. The Labute approximate surface area is 152 Å². The molecular weight excluding hydrogens is 328 g/mol. The number of ketones is 1. The lowest BCUT2D eigenvalue weighted by atomic mass is 10.1. The fraction of sp³-hybridized carbons (Fsp3) is 0.211. The summed E-state index contributed by atoms with van der Waals surface area (Å²) in [5, 5.41) is 11.3. The van der Waals surface area contributed by atoms with E-state index in [0.717, 1.165) is 18.7 Å². The van der Waals surface area contributed by atoms with E-state index in [1.807, 2.05) is 36.2 Å². The topological polar surface area (TPSA) is 83.9 Å². The Hall–Kier alpha value is -3.35. The van der Waals surface area contributed by atoms with E-state index < -0.39 is 0 Å². The number of aromatic nitrogens is 4. The number of benzene rings is 1. The maximum Gasteiger partial charge on any atom is 0.247 e. The van der Waals surface area contributed by atoms with Crippen molar-refractivity contribution < 1.29 is 4.79 Å². The van der Waals surface area contributed by atoms with Crippen molar-refractivity contribution in [2.75, 3.05) is 23.8 Å². The molecule has 0 saturated heterocycles. The van der Waals surface area contributed by atoms with Gasteiger partial charge in [-0.2, -0.15) is 10.1 Å². The van der Waals surface area contributed by atoms with E-state index in [1.54, 1.807) is 37.6 Å². The molecule has 0 bridgehead atoms. The van der Waals surface area contributed by atoms with E-state index in [-0.39, 0.29) is 5.78 Å². The lowest BCUT2D eigenvalue weighted by molar-refractivity contribution is 0.101. The van der Waals surface area contributed by atoms with Gasteiger partial charge in [-0.15, -0.1) is 5.10 Å². The maximum absolute atomic E-state index is 11.5. The highest BCUT2D eigenvalue weighted by Crippen LogP contribution is 2.17. The molecule has 0 amide bonds. The zero-order chi connectivity index (χ0) is 18.4. The first-order valence-electron chi connectivity index (χ1n) is 8.29. The molecular formula is C19H20N6O. The smallest absolute Gasteiger partial charge is 0.247 e. The highest BCUT2D eigenvalue weighted by Gasteiger charge is 2.08. The van der Waals surface area contributed by atoms with Crippen molar-refractivity contribution in [3.8, 4) is 0 Å². The van der Waals surface area contributed by atoms with Crippen LogP contribution in [0.25, 0.3) is 0 Å². The second-order valence-electron chi connectivity index (χ2n) is 5.93. The average molecular weight is 348 g/mol. The van der Waals surface area contributed by atoms with E-state index in [1.165, 1.54) is 5.56 Å². The molecule has 0 aliphatic rings. The van der Waals surface area contributed by atoms with Gasteiger partial charge in [-0.05, 0) is 43.2 Å². The van der Waals surface area contributed by atoms with Crippen molar-refractivity contribution >= 4 is 23.2 Å². The summed E-state index contributed by atoms with van der Waals surface area (Å²) in [7, 11) is 1.93. The van der Waals surface area contributed by atoms with Gasteiger partial charge in [-0.1, -0.05) is 12.1 Å². The minimum absolute atomic E-state index is 0.0194. The summed E-state index contributed by atoms with van der Waals surface area (Å²) in [6, 6.07) is 11.3. The second kappa shape index (κ2) is 8.15. The zero-order valence-electron chi connectivity index (χ0n) is 14.8. The summed E-state index contributed by atoms with van der Waals surface area (Å²) >= 11 is 0. The van der Waals surface area contributed by atoms with Gasteiger partial charge in [-0.25, -0.2) is 0 Å². The molecule has 132 valence electrons. The number of rotatable bonds is 7. The van der Waals surface area contributed by atoms with Crippen LogP contribution < -0.4 is 10.2 Å². The van der Waals surface area contributed by atoms with Crippen LogP contribution >= 0.6 is 0 Å². The summed E-state index contributed by atoms with van der Waals surface area (Å²) in [6.45, 7) is 2.30. The molecule has 1 N–H and O–H groups in total. The van der Waals surface area contributed by atoms with E-state index in [9.17, 15) is 4.79 Å². The van der Waals surface area contributed by atoms with Gasteiger partial charge in [0.1, 0.15) is 0 Å². The van der Waals surface area contributed by atoms with Crippen LogP contribution in [0.15, 0.2) is 55.0 Å². The predicted octanol–water partition coefficient (Wildman–Crippen LogP) is 2.89. The van der Waals surface area contributed by atoms with Crippen LogP contribution in [0.1, 0.15) is 22.8 Å². The van der Waals surface area contributed by atoms with Gasteiger partial charge in [0.25, 0.3) is 0 Å². The third kappa shape index (κ3) is 4.60. The fourth-order valence-corrected chi connectivity index (χ4v) is 2.43. The number of carbonyl (C=O) groups excluding carboxylic acids is 1. The summed E-state index contributed by atoms with van der Waals surface area (Å²) < 4.78 is 0. The number of Topliss-reactive ketones (excluding diaryl/α,β-unsaturated/α-hetero) is 1. The number of carbonyl (C=O) groups is 1. The number of hydrogen-bond donors (Lipinski definition) is 1. The number of likely N-dealkylation sites (N-methyl/N-ethyl adjacent to an activating group) is 1. The Kier molecular flexibility index (Phi) is 5.48. The molecule has 2 heterocycles. The second-order valence-corrected chi connectivity index (χ2v) is 5.93. The molecule has 1 aromatic carbocycles. The molecule has 0 fully saturated rings. The van der Waals surface area contributed by atoms with Crippen LogP contribution in [0.5, 0.6) is 0 Å². The van der Waals surface area contributed by atoms with Crippen molar-refractivity contribution in [1.29, 1.82) is 0 Å². The van der Waals surface area contributed by atoms with Crippen LogP contribution in [0.4, 0.5) is 17.5 Å². The molecule has 26 heavy (non-hydrogen) atoms. The molecule has 7 heteroatoms. The number of nitrogens with one attached hydrogen (secondary N) is 1. The number of nitrogens with zero attached hydrogens (tertiary/aromatic N) is 5. The van der Waals surface area contributed by atoms with E-state index >= 15 is 0 Å². The molecule has 0 saturated carbocycles. The van der Waals surface area contributed by atoms with Crippen molar-refractivity contribution in [3.63, 3.8) is 0 Å². The molecule has 3 rings (SSSR count). The lowest BCUT2D eigenvalue weighted by Crippen LogP contribution is -2.23. The monoisotopic (exact) mass is 348 g/mol. The standard InChI is InChI=1S/C19H20N6O/c1-14(26)16-4-3-5-17(12-16)22-18-13-21-24-19(23-18)25(2)11-8-15-6-9-20-10-7-15/h3-7,9-10,12-13H,8,11H2,1-2H3,(H,22,23,24). The number of pyridine rings is 1. The lowest BCUT2D eigenvalue weighted by Gasteiger charge is -2.17. The van der Waals surface area contributed by atoms with Crippen LogP contribution in [-0.4, -0.2) is 39.5 Å². The molecule has 2 aromatic heterocycles. The van der Waals surface area contributed by atoms with Gasteiger partial charge < -0.3 is 10.2 Å². The Balaban J connectivity index is 1.67. The largest absolute Gasteiger partial charge is 0.342 e. The van der Waals surface area contributed by atoms with Gasteiger partial charge in [0.15, 0.2) is 11.6 Å². The van der Waals surface area contributed by atoms with Crippen LogP contribution in [0.3, 0.4) is 0 Å². The highest BCUT2D eigenvalue weighted by molar-refractivity contribution is 5.95. The first-order chi connectivity index (χ1) is 12.6. The summed E-state index contributed by atoms with van der Waals surface area (Å²) in [6.07, 6.45) is 5.99. The van der Waals surface area contributed by atoms with Crippen molar-refractivity contribution in [2.24, 2.45) is 0 Å². The molecule has 0 radical (unpaired) electrons. The minimum atomic E-state index is 0.0194. The third-order valence-electron chi connectivity index (χ3n) is 3.92. The Morgan fingerprint density at radius 1 is 1.19 bits per heavy atom. The SMILES string of the molecule is CC(=O)c1cccc(Nc2cnnc(N(C)CCc3ccncc3)n2)c1. The average Bonchev–Trinajstić information content (AvgIpc) is 2.67. The van der Waals surface area contributed by atoms with Crippen molar-refractivity contribution in [2.45, 2.75) is 13.3 Å². The van der Waals surface area contributed by atoms with Gasteiger partial charge in [0, 0.05) is 37.2 Å². The van der Waals surface area contributed by atoms with Crippen molar-refractivity contribution in [1.82, 2.24) is 20.2 Å². The quantitative estimate of drug-likeness (QED) is 0.657. The van der Waals surface area contributed by atoms with Crippen LogP contribution in [0, 0.1) is 0 Å². The van der Waals surface area contributed by atoms with E-state index in [0.29, 0.717) is 17.3 Å². The van der Waals surface area contributed by atoms with Gasteiger partial charge >= 0.3 is 0 Å². The third-order valence-corrected chi connectivity index (χ3v) is 3.92. The maximum atomic E-state index is 11.5. The minimum Gasteiger partial charge on any atom is -0.342 e. The molecule has 0 unspecified atom stereocenters. The Bertz CT molecular complexity index is 884. The first kappa shape index (κ1) is 17.5. The van der Waals surface area contributed by atoms with Gasteiger partial charge in [0.05, 0.1) is 6.20 Å². The molecule has 0 aliphatic heterocycles. The summed E-state index contributed by atoms with van der Waals surface area (Å²) in [5.74, 6) is 1.13. The zero-order valence-corrected chi connectivity index (χ0v) is 14.8. The summed E-state index contributed by atoms with van der Waals surface area (Å²) in [4.78, 5) is 22.0. The van der Waals surface area contributed by atoms with Crippen LogP contribution in [-0.2, 0) is 6.42 Å². The van der Waals surface area contributed by atoms with E-state index in [4.69, 9.17) is 0 Å². The van der Waals surface area contributed by atoms with Gasteiger partial charge in [-0.3, -0.25) is 9.78 Å².